The Balaban J connectivity index is 0. The second-order valence-corrected chi connectivity index (χ2v) is 3.63. The molecule has 0 fully saturated rings. The Morgan fingerprint density at radius 3 is 1.59 bits per heavy atom. The zero-order chi connectivity index (χ0) is 13.5. The van der Waals surface area contributed by atoms with Crippen LogP contribution < -0.4 is 0 Å². The molecule has 2 unspecified atom stereocenters. The summed E-state index contributed by atoms with van der Waals surface area (Å²) < 4.78 is 24.6. The van der Waals surface area contributed by atoms with E-state index in [1.165, 1.54) is 0 Å². The van der Waals surface area contributed by atoms with Gasteiger partial charge in [0.2, 0.25) is 0 Å². The van der Waals surface area contributed by atoms with Crippen molar-refractivity contribution in [1.82, 2.24) is 0 Å². The lowest BCUT2D eigenvalue weighted by Crippen LogP contribution is -2.21. The fourth-order valence-electron chi connectivity index (χ4n) is 0.817. The highest BCUT2D eigenvalue weighted by Crippen LogP contribution is 1.95. The van der Waals surface area contributed by atoms with Crippen molar-refractivity contribution in [3.63, 3.8) is 0 Å². The van der Waals surface area contributed by atoms with Gasteiger partial charge in [-0.15, -0.1) is 0 Å². The number of hydrogen-bond acceptors (Lipinski definition) is 5. The lowest BCUT2D eigenvalue weighted by molar-refractivity contribution is -0.0386. The maximum absolute atomic E-state index is 5.39. The summed E-state index contributed by atoms with van der Waals surface area (Å²) in [5, 5.41) is 0. The van der Waals surface area contributed by atoms with Crippen LogP contribution in [-0.4, -0.2) is 67.1 Å². The maximum atomic E-state index is 5.39. The van der Waals surface area contributed by atoms with Crippen LogP contribution in [-0.2, 0) is 23.7 Å². The van der Waals surface area contributed by atoms with Crippen LogP contribution in [0.1, 0.15) is 13.8 Å². The monoisotopic (exact) mass is 252 g/mol. The Kier molecular flexibility index (Phi) is 17.8. The zero-order valence-electron chi connectivity index (χ0n) is 12.0. The predicted molar refractivity (Wildman–Crippen MR) is 67.5 cm³/mol. The number of hydrogen-bond donors (Lipinski definition) is 0. The first-order chi connectivity index (χ1) is 8.12. The van der Waals surface area contributed by atoms with Crippen LogP contribution in [0, 0.1) is 0 Å². The standard InChI is InChI=1S/C8H18O3.C4H10O2/c1-7(10-4)6-11-8(2)5-9-3;1-5-3-4-6-2/h7-8H,5-6H2,1-4H3;3-4H2,1-2H3. The molecule has 0 aliphatic carbocycles. The molecule has 0 aromatic rings. The van der Waals surface area contributed by atoms with Gasteiger partial charge in [0.15, 0.2) is 0 Å². The van der Waals surface area contributed by atoms with Crippen molar-refractivity contribution in [2.75, 3.05) is 54.9 Å². The van der Waals surface area contributed by atoms with Gasteiger partial charge in [0, 0.05) is 28.4 Å². The van der Waals surface area contributed by atoms with Crippen LogP contribution in [0.25, 0.3) is 0 Å². The molecule has 0 aromatic carbocycles. The highest BCUT2D eigenvalue weighted by atomic mass is 16.5. The molecule has 0 saturated carbocycles. The molecule has 0 saturated heterocycles. The minimum Gasteiger partial charge on any atom is -0.382 e. The van der Waals surface area contributed by atoms with E-state index < -0.39 is 0 Å². The summed E-state index contributed by atoms with van der Waals surface area (Å²) in [6.45, 7) is 6.59. The molecular weight excluding hydrogens is 224 g/mol. The van der Waals surface area contributed by atoms with Gasteiger partial charge in [-0.2, -0.15) is 0 Å². The lowest BCUT2D eigenvalue weighted by atomic mass is 10.4. The van der Waals surface area contributed by atoms with E-state index in [2.05, 4.69) is 9.47 Å². The van der Waals surface area contributed by atoms with E-state index >= 15 is 0 Å². The first-order valence-electron chi connectivity index (χ1n) is 5.73. The third-order valence-electron chi connectivity index (χ3n) is 1.91. The van der Waals surface area contributed by atoms with Gasteiger partial charge in [0.1, 0.15) is 0 Å². The Labute approximate surface area is 105 Å². The van der Waals surface area contributed by atoms with Crippen molar-refractivity contribution in [3.05, 3.63) is 0 Å². The maximum Gasteiger partial charge on any atom is 0.0781 e. The molecule has 5 heteroatoms. The fraction of sp³-hybridized carbons (Fsp3) is 1.00. The van der Waals surface area contributed by atoms with Crippen molar-refractivity contribution in [2.24, 2.45) is 0 Å². The second kappa shape index (κ2) is 15.8. The Morgan fingerprint density at radius 1 is 0.706 bits per heavy atom. The van der Waals surface area contributed by atoms with Gasteiger partial charge in [0.25, 0.3) is 0 Å². The van der Waals surface area contributed by atoms with Crippen LogP contribution >= 0.6 is 0 Å². The van der Waals surface area contributed by atoms with Crippen molar-refractivity contribution in [2.45, 2.75) is 26.1 Å². The van der Waals surface area contributed by atoms with E-state index in [0.717, 1.165) is 0 Å². The van der Waals surface area contributed by atoms with Crippen LogP contribution in [0.15, 0.2) is 0 Å². The minimum absolute atomic E-state index is 0.151. The van der Waals surface area contributed by atoms with Gasteiger partial charge in [-0.25, -0.2) is 0 Å². The highest BCUT2D eigenvalue weighted by molar-refractivity contribution is 4.50. The SMILES string of the molecule is COCC(C)OCC(C)OC.COCCOC. The van der Waals surface area contributed by atoms with E-state index in [9.17, 15) is 0 Å². The van der Waals surface area contributed by atoms with E-state index in [-0.39, 0.29) is 12.2 Å². The summed E-state index contributed by atoms with van der Waals surface area (Å²) >= 11 is 0. The van der Waals surface area contributed by atoms with Gasteiger partial charge in [-0.3, -0.25) is 0 Å². The second-order valence-electron chi connectivity index (χ2n) is 3.63. The minimum atomic E-state index is 0.151. The van der Waals surface area contributed by atoms with E-state index in [1.807, 2.05) is 13.8 Å². The van der Waals surface area contributed by atoms with Gasteiger partial charge in [0.05, 0.1) is 38.6 Å². The first-order valence-corrected chi connectivity index (χ1v) is 5.73. The lowest BCUT2D eigenvalue weighted by Gasteiger charge is -2.14. The van der Waals surface area contributed by atoms with Gasteiger partial charge in [-0.1, -0.05) is 0 Å². The number of methoxy groups -OCH3 is 4. The fourth-order valence-corrected chi connectivity index (χ4v) is 0.817. The molecule has 0 N–H and O–H groups in total. The van der Waals surface area contributed by atoms with Gasteiger partial charge < -0.3 is 23.7 Å². The molecule has 2 atom stereocenters. The number of rotatable bonds is 9. The summed E-state index contributed by atoms with van der Waals surface area (Å²) in [5.74, 6) is 0. The molecule has 0 aliphatic heterocycles. The van der Waals surface area contributed by atoms with Gasteiger partial charge >= 0.3 is 0 Å². The Bertz CT molecular complexity index is 128. The van der Waals surface area contributed by atoms with Crippen molar-refractivity contribution >= 4 is 0 Å². The molecule has 0 aliphatic rings. The van der Waals surface area contributed by atoms with E-state index in [1.54, 1.807) is 28.4 Å². The third kappa shape index (κ3) is 18.4. The highest BCUT2D eigenvalue weighted by Gasteiger charge is 2.04. The van der Waals surface area contributed by atoms with Crippen LogP contribution in [0.5, 0.6) is 0 Å². The molecule has 0 amide bonds. The zero-order valence-corrected chi connectivity index (χ0v) is 12.0. The van der Waals surface area contributed by atoms with Crippen LogP contribution in [0.2, 0.25) is 0 Å². The molecule has 0 aromatic heterocycles. The van der Waals surface area contributed by atoms with E-state index in [4.69, 9.17) is 14.2 Å². The topological polar surface area (TPSA) is 46.2 Å². The average Bonchev–Trinajstić information content (AvgIpc) is 2.34. The summed E-state index contributed by atoms with van der Waals surface area (Å²) in [6, 6.07) is 0. The summed E-state index contributed by atoms with van der Waals surface area (Å²) in [7, 11) is 6.65. The smallest absolute Gasteiger partial charge is 0.0781 e. The molecule has 5 nitrogen and oxygen atoms in total. The van der Waals surface area contributed by atoms with Crippen LogP contribution in [0.4, 0.5) is 0 Å². The molecule has 0 heterocycles. The quantitative estimate of drug-likeness (QED) is 0.580. The molecule has 0 bridgehead atoms. The molecule has 17 heavy (non-hydrogen) atoms. The third-order valence-corrected chi connectivity index (χ3v) is 1.91. The van der Waals surface area contributed by atoms with Crippen molar-refractivity contribution in [1.29, 1.82) is 0 Å². The molecule has 0 radical (unpaired) electrons. The van der Waals surface area contributed by atoms with E-state index in [0.29, 0.717) is 26.4 Å². The largest absolute Gasteiger partial charge is 0.382 e. The Morgan fingerprint density at radius 2 is 1.24 bits per heavy atom. The molecule has 106 valence electrons. The summed E-state index contributed by atoms with van der Waals surface area (Å²) in [6.07, 6.45) is 0.312. The molecular formula is C12H28O5. The van der Waals surface area contributed by atoms with Gasteiger partial charge in [-0.05, 0) is 13.8 Å². The first kappa shape index (κ1) is 19.1. The van der Waals surface area contributed by atoms with Crippen LogP contribution in [0.3, 0.4) is 0 Å². The average molecular weight is 252 g/mol. The Hall–Kier alpha value is -0.200. The summed E-state index contributed by atoms with van der Waals surface area (Å²) in [4.78, 5) is 0. The molecule has 0 spiro atoms. The normalized spacial score (nSPS) is 13.8. The van der Waals surface area contributed by atoms with Crippen molar-refractivity contribution < 1.29 is 23.7 Å². The number of ether oxygens (including phenoxy) is 5. The summed E-state index contributed by atoms with van der Waals surface area (Å²) in [5.41, 5.74) is 0. The molecule has 0 rings (SSSR count). The predicted octanol–water partition coefficient (Wildman–Crippen LogP) is 1.35. The van der Waals surface area contributed by atoms with Crippen molar-refractivity contribution in [3.8, 4) is 0 Å².